The predicted molar refractivity (Wildman–Crippen MR) is 66.3 cm³/mol. The SMILES string of the molecule is CCCc1c(N)ncnc1NC1CCCC1. The van der Waals surface area contributed by atoms with E-state index in [2.05, 4.69) is 22.2 Å². The summed E-state index contributed by atoms with van der Waals surface area (Å²) in [5, 5.41) is 3.50. The van der Waals surface area contributed by atoms with Gasteiger partial charge in [0, 0.05) is 11.6 Å². The monoisotopic (exact) mass is 220 g/mol. The molecular formula is C12H20N4. The van der Waals surface area contributed by atoms with Crippen LogP contribution in [0.25, 0.3) is 0 Å². The Hall–Kier alpha value is -1.32. The van der Waals surface area contributed by atoms with Crippen LogP contribution in [-0.2, 0) is 6.42 Å². The number of anilines is 2. The Morgan fingerprint density at radius 2 is 2.12 bits per heavy atom. The van der Waals surface area contributed by atoms with Crippen LogP contribution >= 0.6 is 0 Å². The summed E-state index contributed by atoms with van der Waals surface area (Å²) in [5.74, 6) is 1.57. The first-order chi connectivity index (χ1) is 7.81. The van der Waals surface area contributed by atoms with Crippen molar-refractivity contribution in [2.24, 2.45) is 0 Å². The van der Waals surface area contributed by atoms with Gasteiger partial charge >= 0.3 is 0 Å². The zero-order valence-electron chi connectivity index (χ0n) is 9.87. The van der Waals surface area contributed by atoms with Gasteiger partial charge in [0.15, 0.2) is 0 Å². The van der Waals surface area contributed by atoms with Gasteiger partial charge in [0.25, 0.3) is 0 Å². The quantitative estimate of drug-likeness (QED) is 0.817. The lowest BCUT2D eigenvalue weighted by Gasteiger charge is -2.16. The Morgan fingerprint density at radius 3 is 2.81 bits per heavy atom. The molecule has 0 saturated heterocycles. The van der Waals surface area contributed by atoms with Crippen molar-refractivity contribution in [3.8, 4) is 0 Å². The highest BCUT2D eigenvalue weighted by molar-refractivity contribution is 5.55. The molecular weight excluding hydrogens is 200 g/mol. The molecule has 88 valence electrons. The van der Waals surface area contributed by atoms with Crippen LogP contribution in [0.15, 0.2) is 6.33 Å². The van der Waals surface area contributed by atoms with E-state index in [0.717, 1.165) is 24.2 Å². The first-order valence-electron chi connectivity index (χ1n) is 6.17. The molecule has 0 unspecified atom stereocenters. The first-order valence-corrected chi connectivity index (χ1v) is 6.17. The average molecular weight is 220 g/mol. The van der Waals surface area contributed by atoms with Crippen LogP contribution in [0.3, 0.4) is 0 Å². The summed E-state index contributed by atoms with van der Waals surface area (Å²) in [5.41, 5.74) is 6.97. The normalized spacial score (nSPS) is 16.6. The topological polar surface area (TPSA) is 63.8 Å². The lowest BCUT2D eigenvalue weighted by Crippen LogP contribution is -2.18. The van der Waals surface area contributed by atoms with Crippen molar-refractivity contribution >= 4 is 11.6 Å². The van der Waals surface area contributed by atoms with Crippen LogP contribution < -0.4 is 11.1 Å². The number of hydrogen-bond donors (Lipinski definition) is 2. The molecule has 4 heteroatoms. The molecule has 0 radical (unpaired) electrons. The second-order valence-corrected chi connectivity index (χ2v) is 4.46. The Balaban J connectivity index is 2.14. The number of nitrogen functional groups attached to an aromatic ring is 1. The number of nitrogens with two attached hydrogens (primary N) is 1. The molecule has 16 heavy (non-hydrogen) atoms. The standard InChI is InChI=1S/C12H20N4/c1-2-5-10-11(13)14-8-15-12(10)16-9-6-3-4-7-9/h8-9H,2-7H2,1H3,(H3,13,14,15,16). The lowest BCUT2D eigenvalue weighted by molar-refractivity contribution is 0.745. The van der Waals surface area contributed by atoms with Gasteiger partial charge in [-0.25, -0.2) is 9.97 Å². The smallest absolute Gasteiger partial charge is 0.134 e. The third-order valence-corrected chi connectivity index (χ3v) is 3.17. The van der Waals surface area contributed by atoms with Crippen LogP contribution in [0, 0.1) is 0 Å². The van der Waals surface area contributed by atoms with Gasteiger partial charge in [-0.05, 0) is 19.3 Å². The van der Waals surface area contributed by atoms with Crippen molar-refractivity contribution in [2.75, 3.05) is 11.1 Å². The molecule has 3 N–H and O–H groups in total. The van der Waals surface area contributed by atoms with Crippen molar-refractivity contribution < 1.29 is 0 Å². The summed E-state index contributed by atoms with van der Waals surface area (Å²) in [6.07, 6.45) is 8.69. The van der Waals surface area contributed by atoms with Crippen LogP contribution in [0.1, 0.15) is 44.6 Å². The summed E-state index contributed by atoms with van der Waals surface area (Å²) in [6.45, 7) is 2.14. The number of nitrogens with zero attached hydrogens (tertiary/aromatic N) is 2. The predicted octanol–water partition coefficient (Wildman–Crippen LogP) is 2.37. The highest BCUT2D eigenvalue weighted by Gasteiger charge is 2.17. The minimum atomic E-state index is 0.574. The van der Waals surface area contributed by atoms with Gasteiger partial charge in [-0.2, -0.15) is 0 Å². The molecule has 0 amide bonds. The second kappa shape index (κ2) is 5.14. The summed E-state index contributed by atoms with van der Waals surface area (Å²) >= 11 is 0. The van der Waals surface area contributed by atoms with Crippen LogP contribution in [-0.4, -0.2) is 16.0 Å². The van der Waals surface area contributed by atoms with Gasteiger partial charge in [0.1, 0.15) is 18.0 Å². The van der Waals surface area contributed by atoms with Gasteiger partial charge in [0.05, 0.1) is 0 Å². The van der Waals surface area contributed by atoms with E-state index in [-0.39, 0.29) is 0 Å². The summed E-state index contributed by atoms with van der Waals surface area (Å²) in [7, 11) is 0. The Bertz CT molecular complexity index is 345. The maximum atomic E-state index is 5.89. The molecule has 0 aliphatic heterocycles. The van der Waals surface area contributed by atoms with Crippen molar-refractivity contribution in [1.82, 2.24) is 9.97 Å². The fourth-order valence-electron chi connectivity index (χ4n) is 2.31. The van der Waals surface area contributed by atoms with E-state index in [1.807, 2.05) is 0 Å². The summed E-state index contributed by atoms with van der Waals surface area (Å²) in [6, 6.07) is 0.574. The Labute approximate surface area is 96.7 Å². The highest BCUT2D eigenvalue weighted by Crippen LogP contribution is 2.25. The molecule has 2 rings (SSSR count). The van der Waals surface area contributed by atoms with Crippen molar-refractivity contribution in [1.29, 1.82) is 0 Å². The third-order valence-electron chi connectivity index (χ3n) is 3.17. The zero-order valence-corrected chi connectivity index (χ0v) is 9.87. The minimum absolute atomic E-state index is 0.574. The van der Waals surface area contributed by atoms with Crippen LogP contribution in [0.2, 0.25) is 0 Å². The molecule has 0 bridgehead atoms. The van der Waals surface area contributed by atoms with Gasteiger partial charge in [-0.1, -0.05) is 26.2 Å². The fraction of sp³-hybridized carbons (Fsp3) is 0.667. The molecule has 1 saturated carbocycles. The van der Waals surface area contributed by atoms with Gasteiger partial charge < -0.3 is 11.1 Å². The molecule has 1 heterocycles. The Kier molecular flexibility index (Phi) is 3.59. The van der Waals surface area contributed by atoms with E-state index in [1.165, 1.54) is 25.7 Å². The fourth-order valence-corrected chi connectivity index (χ4v) is 2.31. The Morgan fingerprint density at radius 1 is 1.38 bits per heavy atom. The zero-order chi connectivity index (χ0) is 11.4. The van der Waals surface area contributed by atoms with E-state index in [9.17, 15) is 0 Å². The molecule has 4 nitrogen and oxygen atoms in total. The molecule has 1 fully saturated rings. The largest absolute Gasteiger partial charge is 0.383 e. The van der Waals surface area contributed by atoms with Crippen molar-refractivity contribution in [3.63, 3.8) is 0 Å². The van der Waals surface area contributed by atoms with E-state index in [1.54, 1.807) is 6.33 Å². The minimum Gasteiger partial charge on any atom is -0.383 e. The van der Waals surface area contributed by atoms with Crippen molar-refractivity contribution in [3.05, 3.63) is 11.9 Å². The van der Waals surface area contributed by atoms with Gasteiger partial charge in [-0.3, -0.25) is 0 Å². The number of aromatic nitrogens is 2. The molecule has 1 aromatic rings. The van der Waals surface area contributed by atoms with E-state index >= 15 is 0 Å². The van der Waals surface area contributed by atoms with Crippen LogP contribution in [0.5, 0.6) is 0 Å². The first kappa shape index (κ1) is 11.2. The molecule has 1 aliphatic carbocycles. The molecule has 0 spiro atoms. The average Bonchev–Trinajstić information content (AvgIpc) is 2.76. The summed E-state index contributed by atoms with van der Waals surface area (Å²) < 4.78 is 0. The number of hydrogen-bond acceptors (Lipinski definition) is 4. The van der Waals surface area contributed by atoms with E-state index in [0.29, 0.717) is 11.9 Å². The van der Waals surface area contributed by atoms with Crippen LogP contribution in [0.4, 0.5) is 11.6 Å². The number of nitrogens with one attached hydrogen (secondary N) is 1. The number of rotatable bonds is 4. The third kappa shape index (κ3) is 2.43. The molecule has 0 aromatic carbocycles. The summed E-state index contributed by atoms with van der Waals surface area (Å²) in [4.78, 5) is 8.38. The molecule has 0 atom stereocenters. The lowest BCUT2D eigenvalue weighted by atomic mass is 10.1. The van der Waals surface area contributed by atoms with E-state index in [4.69, 9.17) is 5.73 Å². The maximum absolute atomic E-state index is 5.89. The maximum Gasteiger partial charge on any atom is 0.134 e. The molecule has 1 aromatic heterocycles. The van der Waals surface area contributed by atoms with E-state index < -0.39 is 0 Å². The second-order valence-electron chi connectivity index (χ2n) is 4.46. The van der Waals surface area contributed by atoms with Crippen molar-refractivity contribution in [2.45, 2.75) is 51.5 Å². The van der Waals surface area contributed by atoms with Gasteiger partial charge in [-0.15, -0.1) is 0 Å². The van der Waals surface area contributed by atoms with Gasteiger partial charge in [0.2, 0.25) is 0 Å². The molecule has 1 aliphatic rings. The highest BCUT2D eigenvalue weighted by atomic mass is 15.1.